The van der Waals surface area contributed by atoms with Crippen molar-refractivity contribution in [1.29, 1.82) is 0 Å². The van der Waals surface area contributed by atoms with Crippen molar-refractivity contribution in [2.45, 2.75) is 45.7 Å². The predicted octanol–water partition coefficient (Wildman–Crippen LogP) is 1.89. The SMILES string of the molecule is Cc1cccc(-n2ncc(C(=O)NC3CCC(=O)NC3C)c2C)c1. The monoisotopic (exact) mass is 326 g/mol. The maximum absolute atomic E-state index is 12.6. The van der Waals surface area contributed by atoms with E-state index in [9.17, 15) is 9.59 Å². The molecule has 0 spiro atoms. The molecule has 1 aliphatic rings. The number of piperidine rings is 1. The molecule has 0 radical (unpaired) electrons. The maximum Gasteiger partial charge on any atom is 0.255 e. The van der Waals surface area contributed by atoms with E-state index in [0.29, 0.717) is 18.4 Å². The molecule has 6 heteroatoms. The zero-order valence-corrected chi connectivity index (χ0v) is 14.2. The Bertz CT molecular complexity index is 781. The highest BCUT2D eigenvalue weighted by Crippen LogP contribution is 2.16. The largest absolute Gasteiger partial charge is 0.352 e. The molecule has 0 saturated carbocycles. The number of nitrogens with one attached hydrogen (secondary N) is 2. The predicted molar refractivity (Wildman–Crippen MR) is 91.1 cm³/mol. The average Bonchev–Trinajstić information content (AvgIpc) is 2.92. The Labute approximate surface area is 141 Å². The molecule has 0 bridgehead atoms. The topological polar surface area (TPSA) is 76.0 Å². The van der Waals surface area contributed by atoms with Gasteiger partial charge in [0.1, 0.15) is 0 Å². The number of nitrogens with zero attached hydrogens (tertiary/aromatic N) is 2. The van der Waals surface area contributed by atoms with Crippen molar-refractivity contribution in [3.63, 3.8) is 0 Å². The first-order valence-corrected chi connectivity index (χ1v) is 8.17. The summed E-state index contributed by atoms with van der Waals surface area (Å²) in [4.78, 5) is 24.0. The van der Waals surface area contributed by atoms with Crippen molar-refractivity contribution in [2.24, 2.45) is 0 Å². The number of carbonyl (C=O) groups excluding carboxylic acids is 2. The summed E-state index contributed by atoms with van der Waals surface area (Å²) in [6, 6.07) is 7.86. The third-order valence-electron chi connectivity index (χ3n) is 4.49. The minimum Gasteiger partial charge on any atom is -0.352 e. The highest BCUT2D eigenvalue weighted by Gasteiger charge is 2.27. The second-order valence-corrected chi connectivity index (χ2v) is 6.37. The molecule has 2 amide bonds. The smallest absolute Gasteiger partial charge is 0.255 e. The second kappa shape index (κ2) is 6.47. The van der Waals surface area contributed by atoms with Crippen LogP contribution in [0.15, 0.2) is 30.5 Å². The molecular formula is C18H22N4O2. The van der Waals surface area contributed by atoms with Crippen LogP contribution < -0.4 is 10.6 Å². The number of benzene rings is 1. The third-order valence-corrected chi connectivity index (χ3v) is 4.49. The quantitative estimate of drug-likeness (QED) is 0.904. The third kappa shape index (κ3) is 3.18. The number of aryl methyl sites for hydroxylation is 1. The van der Waals surface area contributed by atoms with E-state index < -0.39 is 0 Å². The molecule has 1 aliphatic heterocycles. The van der Waals surface area contributed by atoms with Crippen LogP contribution in [0.1, 0.15) is 41.4 Å². The van der Waals surface area contributed by atoms with Crippen LogP contribution in [0.5, 0.6) is 0 Å². The normalized spacial score (nSPS) is 20.5. The van der Waals surface area contributed by atoms with Crippen LogP contribution in [0.3, 0.4) is 0 Å². The van der Waals surface area contributed by atoms with Crippen molar-refractivity contribution >= 4 is 11.8 Å². The number of amides is 2. The fourth-order valence-corrected chi connectivity index (χ4v) is 3.06. The average molecular weight is 326 g/mol. The van der Waals surface area contributed by atoms with Crippen LogP contribution >= 0.6 is 0 Å². The zero-order valence-electron chi connectivity index (χ0n) is 14.2. The molecule has 1 aromatic heterocycles. The van der Waals surface area contributed by atoms with Gasteiger partial charge in [0.15, 0.2) is 0 Å². The Balaban J connectivity index is 1.78. The van der Waals surface area contributed by atoms with Crippen LogP contribution in [0, 0.1) is 13.8 Å². The number of carbonyl (C=O) groups is 2. The van der Waals surface area contributed by atoms with Gasteiger partial charge < -0.3 is 10.6 Å². The lowest BCUT2D eigenvalue weighted by Gasteiger charge is -2.30. The fraction of sp³-hybridized carbons (Fsp3) is 0.389. The number of rotatable bonds is 3. The Hall–Kier alpha value is -2.63. The van der Waals surface area contributed by atoms with Gasteiger partial charge in [0.25, 0.3) is 5.91 Å². The summed E-state index contributed by atoms with van der Waals surface area (Å²) in [7, 11) is 0. The summed E-state index contributed by atoms with van der Waals surface area (Å²) in [6.07, 6.45) is 2.69. The second-order valence-electron chi connectivity index (χ2n) is 6.37. The van der Waals surface area contributed by atoms with E-state index in [4.69, 9.17) is 0 Å². The van der Waals surface area contributed by atoms with E-state index in [1.54, 1.807) is 10.9 Å². The van der Waals surface area contributed by atoms with Gasteiger partial charge in [-0.25, -0.2) is 4.68 Å². The van der Waals surface area contributed by atoms with E-state index in [-0.39, 0.29) is 23.9 Å². The van der Waals surface area contributed by atoms with Gasteiger partial charge in [-0.15, -0.1) is 0 Å². The van der Waals surface area contributed by atoms with Gasteiger partial charge in [0, 0.05) is 18.5 Å². The lowest BCUT2D eigenvalue weighted by atomic mass is 9.99. The van der Waals surface area contributed by atoms with Crippen molar-refractivity contribution in [2.75, 3.05) is 0 Å². The van der Waals surface area contributed by atoms with Crippen LogP contribution in [-0.4, -0.2) is 33.7 Å². The van der Waals surface area contributed by atoms with Gasteiger partial charge in [-0.2, -0.15) is 5.10 Å². The molecule has 2 heterocycles. The summed E-state index contributed by atoms with van der Waals surface area (Å²) in [5.41, 5.74) is 3.43. The minimum absolute atomic E-state index is 0.0384. The van der Waals surface area contributed by atoms with Gasteiger partial charge in [-0.05, 0) is 44.9 Å². The molecule has 2 aromatic rings. The van der Waals surface area contributed by atoms with Crippen molar-refractivity contribution < 1.29 is 9.59 Å². The number of aromatic nitrogens is 2. The Morgan fingerprint density at radius 3 is 2.88 bits per heavy atom. The molecule has 2 atom stereocenters. The standard InChI is InChI=1S/C18H22N4O2/c1-11-5-4-6-14(9-11)22-13(3)15(10-19-22)18(24)21-16-7-8-17(23)20-12(16)2/h4-6,9-10,12,16H,7-8H2,1-3H3,(H,20,23)(H,21,24). The van der Waals surface area contributed by atoms with Gasteiger partial charge >= 0.3 is 0 Å². The van der Waals surface area contributed by atoms with Crippen molar-refractivity contribution in [3.8, 4) is 5.69 Å². The molecule has 2 N–H and O–H groups in total. The van der Waals surface area contributed by atoms with Gasteiger partial charge in [-0.3, -0.25) is 9.59 Å². The summed E-state index contributed by atoms with van der Waals surface area (Å²) in [5.74, 6) is -0.115. The van der Waals surface area contributed by atoms with Crippen LogP contribution in [0.4, 0.5) is 0 Å². The zero-order chi connectivity index (χ0) is 17.3. The van der Waals surface area contributed by atoms with Crippen molar-refractivity contribution in [3.05, 3.63) is 47.3 Å². The Morgan fingerprint density at radius 1 is 1.38 bits per heavy atom. The molecule has 24 heavy (non-hydrogen) atoms. The molecular weight excluding hydrogens is 304 g/mol. The lowest BCUT2D eigenvalue weighted by molar-refractivity contribution is -0.123. The van der Waals surface area contributed by atoms with E-state index in [1.165, 1.54) is 0 Å². The summed E-state index contributed by atoms with van der Waals surface area (Å²) < 4.78 is 1.77. The van der Waals surface area contributed by atoms with E-state index >= 15 is 0 Å². The number of hydrogen-bond acceptors (Lipinski definition) is 3. The molecule has 3 rings (SSSR count). The summed E-state index contributed by atoms with van der Waals surface area (Å²) >= 11 is 0. The van der Waals surface area contributed by atoms with E-state index in [1.807, 2.05) is 45.0 Å². The first kappa shape index (κ1) is 16.2. The summed E-state index contributed by atoms with van der Waals surface area (Å²) in [6.45, 7) is 5.82. The van der Waals surface area contributed by atoms with Crippen LogP contribution in [0.25, 0.3) is 5.69 Å². The van der Waals surface area contributed by atoms with Gasteiger partial charge in [0.05, 0.1) is 23.1 Å². The molecule has 1 fully saturated rings. The van der Waals surface area contributed by atoms with E-state index in [0.717, 1.165) is 16.9 Å². The first-order chi connectivity index (χ1) is 11.5. The molecule has 126 valence electrons. The molecule has 6 nitrogen and oxygen atoms in total. The lowest BCUT2D eigenvalue weighted by Crippen LogP contribution is -2.54. The molecule has 1 aromatic carbocycles. The van der Waals surface area contributed by atoms with Crippen LogP contribution in [0.2, 0.25) is 0 Å². The maximum atomic E-state index is 12.6. The number of hydrogen-bond donors (Lipinski definition) is 2. The minimum atomic E-state index is -0.153. The molecule has 2 unspecified atom stereocenters. The fourth-order valence-electron chi connectivity index (χ4n) is 3.06. The molecule has 0 aliphatic carbocycles. The molecule has 1 saturated heterocycles. The van der Waals surface area contributed by atoms with Gasteiger partial charge in [0.2, 0.25) is 5.91 Å². The van der Waals surface area contributed by atoms with Crippen molar-refractivity contribution in [1.82, 2.24) is 20.4 Å². The first-order valence-electron chi connectivity index (χ1n) is 8.17. The highest BCUT2D eigenvalue weighted by molar-refractivity contribution is 5.95. The Kier molecular flexibility index (Phi) is 4.38. The van der Waals surface area contributed by atoms with E-state index in [2.05, 4.69) is 15.7 Å². The highest BCUT2D eigenvalue weighted by atomic mass is 16.2. The summed E-state index contributed by atoms with van der Waals surface area (Å²) in [5, 5.41) is 10.2. The van der Waals surface area contributed by atoms with Crippen LogP contribution in [-0.2, 0) is 4.79 Å². The van der Waals surface area contributed by atoms with Gasteiger partial charge in [-0.1, -0.05) is 12.1 Å². The Morgan fingerprint density at radius 2 is 2.17 bits per heavy atom.